The second kappa shape index (κ2) is 8.45. The van der Waals surface area contributed by atoms with E-state index in [-0.39, 0.29) is 0 Å². The van der Waals surface area contributed by atoms with Gasteiger partial charge in [-0.05, 0) is 30.7 Å². The van der Waals surface area contributed by atoms with E-state index in [1.54, 1.807) is 25.5 Å². The normalized spacial score (nSPS) is 17.6. The summed E-state index contributed by atoms with van der Waals surface area (Å²) in [5, 5.41) is 6.86. The van der Waals surface area contributed by atoms with Crippen molar-refractivity contribution in [3.8, 4) is 5.75 Å². The van der Waals surface area contributed by atoms with Crippen LogP contribution in [0, 0.1) is 0 Å². The van der Waals surface area contributed by atoms with Gasteiger partial charge in [-0.2, -0.15) is 0 Å². The summed E-state index contributed by atoms with van der Waals surface area (Å²) >= 11 is 7.56. The fraction of sp³-hybridized carbons (Fsp3) is 0.389. The van der Waals surface area contributed by atoms with Crippen LogP contribution in [0.25, 0.3) is 0 Å². The fourth-order valence-electron chi connectivity index (χ4n) is 2.99. The van der Waals surface area contributed by atoms with E-state index < -0.39 is 0 Å². The summed E-state index contributed by atoms with van der Waals surface area (Å²) in [6, 6.07) is 12.5. The van der Waals surface area contributed by atoms with Crippen molar-refractivity contribution in [1.82, 2.24) is 10.6 Å². The van der Waals surface area contributed by atoms with Gasteiger partial charge in [-0.3, -0.25) is 4.99 Å². The summed E-state index contributed by atoms with van der Waals surface area (Å²) in [5.74, 6) is 1.73. The van der Waals surface area contributed by atoms with Gasteiger partial charge in [0, 0.05) is 31.1 Å². The first-order chi connectivity index (χ1) is 12.2. The Morgan fingerprint density at radius 2 is 2.20 bits per heavy atom. The third-order valence-electron chi connectivity index (χ3n) is 4.24. The predicted molar refractivity (Wildman–Crippen MR) is 106 cm³/mol. The van der Waals surface area contributed by atoms with Gasteiger partial charge < -0.3 is 20.3 Å². The molecule has 1 saturated heterocycles. The molecule has 7 heteroatoms. The molecule has 1 fully saturated rings. The van der Waals surface area contributed by atoms with Crippen LogP contribution in [0.2, 0.25) is 4.34 Å². The molecule has 2 aromatic rings. The molecule has 1 unspecified atom stereocenters. The molecule has 5 nitrogen and oxygen atoms in total. The monoisotopic (exact) mass is 378 g/mol. The Hall–Kier alpha value is -1.92. The molecule has 2 N–H and O–H groups in total. The number of hydrogen-bond acceptors (Lipinski definition) is 4. The van der Waals surface area contributed by atoms with Crippen molar-refractivity contribution in [2.75, 3.05) is 32.1 Å². The van der Waals surface area contributed by atoms with E-state index in [9.17, 15) is 0 Å². The summed E-state index contributed by atoms with van der Waals surface area (Å²) in [5.41, 5.74) is 1.14. The highest BCUT2D eigenvalue weighted by molar-refractivity contribution is 7.16. The molecule has 1 aliphatic rings. The lowest BCUT2D eigenvalue weighted by Crippen LogP contribution is -2.44. The molecule has 1 aromatic heterocycles. The number of ether oxygens (including phenoxy) is 1. The molecule has 0 aliphatic carbocycles. The lowest BCUT2D eigenvalue weighted by Gasteiger charge is -2.22. The highest BCUT2D eigenvalue weighted by Crippen LogP contribution is 2.30. The minimum Gasteiger partial charge on any atom is -0.495 e. The summed E-state index contributed by atoms with van der Waals surface area (Å²) in [4.78, 5) is 7.87. The molecule has 0 saturated carbocycles. The number of nitrogens with zero attached hydrogens (tertiary/aromatic N) is 2. The quantitative estimate of drug-likeness (QED) is 0.618. The van der Waals surface area contributed by atoms with Crippen molar-refractivity contribution in [3.05, 3.63) is 45.6 Å². The average molecular weight is 379 g/mol. The van der Waals surface area contributed by atoms with Gasteiger partial charge in [0.2, 0.25) is 0 Å². The van der Waals surface area contributed by atoms with Crippen LogP contribution in [0.3, 0.4) is 0 Å². The number of halogens is 1. The lowest BCUT2D eigenvalue weighted by molar-refractivity contribution is 0.415. The van der Waals surface area contributed by atoms with Crippen LogP contribution < -0.4 is 20.3 Å². The Kier molecular flexibility index (Phi) is 6.04. The van der Waals surface area contributed by atoms with Gasteiger partial charge in [-0.15, -0.1) is 11.3 Å². The molecule has 134 valence electrons. The van der Waals surface area contributed by atoms with Crippen molar-refractivity contribution in [2.45, 2.75) is 19.0 Å². The molecule has 1 atom stereocenters. The maximum atomic E-state index is 5.98. The maximum Gasteiger partial charge on any atom is 0.191 e. The molecule has 3 rings (SSSR count). The van der Waals surface area contributed by atoms with Gasteiger partial charge in [0.25, 0.3) is 0 Å². The van der Waals surface area contributed by atoms with Gasteiger partial charge in [-0.25, -0.2) is 0 Å². The first kappa shape index (κ1) is 17.9. The van der Waals surface area contributed by atoms with Crippen LogP contribution in [0.15, 0.2) is 41.4 Å². The number of benzene rings is 1. The summed E-state index contributed by atoms with van der Waals surface area (Å²) in [7, 11) is 3.51. The molecule has 2 heterocycles. The highest BCUT2D eigenvalue weighted by atomic mass is 35.5. The molecule has 0 spiro atoms. The van der Waals surface area contributed by atoms with Gasteiger partial charge >= 0.3 is 0 Å². The van der Waals surface area contributed by atoms with E-state index in [0.29, 0.717) is 6.04 Å². The van der Waals surface area contributed by atoms with E-state index in [0.717, 1.165) is 47.8 Å². The van der Waals surface area contributed by atoms with Crippen molar-refractivity contribution < 1.29 is 4.74 Å². The van der Waals surface area contributed by atoms with Crippen LogP contribution in [0.1, 0.15) is 11.3 Å². The van der Waals surface area contributed by atoms with Gasteiger partial charge in [0.1, 0.15) is 5.75 Å². The Balaban J connectivity index is 1.54. The van der Waals surface area contributed by atoms with Crippen LogP contribution >= 0.6 is 22.9 Å². The number of aliphatic imine (C=N–C) groups is 1. The minimum atomic E-state index is 0.350. The van der Waals surface area contributed by atoms with Crippen molar-refractivity contribution in [3.63, 3.8) is 0 Å². The third kappa shape index (κ3) is 4.58. The SMILES string of the molecule is CN=C(NCc1ccc(Cl)s1)NC1CCN(c2ccccc2OC)C1. The van der Waals surface area contributed by atoms with E-state index in [1.165, 1.54) is 4.88 Å². The number of anilines is 1. The first-order valence-electron chi connectivity index (χ1n) is 8.29. The van der Waals surface area contributed by atoms with Crippen molar-refractivity contribution in [1.29, 1.82) is 0 Å². The van der Waals surface area contributed by atoms with Gasteiger partial charge in [0.05, 0.1) is 23.7 Å². The molecule has 1 aromatic carbocycles. The Bertz CT molecular complexity index is 733. The summed E-state index contributed by atoms with van der Waals surface area (Å²) in [6.07, 6.45) is 1.06. The second-order valence-corrected chi connectivity index (χ2v) is 7.68. The number of guanidine groups is 1. The number of thiophene rings is 1. The Morgan fingerprint density at radius 1 is 1.36 bits per heavy atom. The molecule has 0 amide bonds. The summed E-state index contributed by atoms with van der Waals surface area (Å²) < 4.78 is 6.29. The zero-order valence-electron chi connectivity index (χ0n) is 14.5. The van der Waals surface area contributed by atoms with E-state index >= 15 is 0 Å². The maximum absolute atomic E-state index is 5.98. The smallest absolute Gasteiger partial charge is 0.191 e. The number of rotatable bonds is 5. The summed E-state index contributed by atoms with van der Waals surface area (Å²) in [6.45, 7) is 2.64. The topological polar surface area (TPSA) is 48.9 Å². The second-order valence-electron chi connectivity index (χ2n) is 5.88. The fourth-order valence-corrected chi connectivity index (χ4v) is 4.02. The van der Waals surface area contributed by atoms with E-state index in [4.69, 9.17) is 16.3 Å². The molecular weight excluding hydrogens is 356 g/mol. The lowest BCUT2D eigenvalue weighted by atomic mass is 10.2. The predicted octanol–water partition coefficient (Wildman–Crippen LogP) is 3.35. The molecule has 0 radical (unpaired) electrons. The highest BCUT2D eigenvalue weighted by Gasteiger charge is 2.25. The number of hydrogen-bond donors (Lipinski definition) is 2. The van der Waals surface area contributed by atoms with Crippen molar-refractivity contribution in [2.24, 2.45) is 4.99 Å². The van der Waals surface area contributed by atoms with Crippen LogP contribution in [0.4, 0.5) is 5.69 Å². The van der Waals surface area contributed by atoms with Gasteiger partial charge in [0.15, 0.2) is 5.96 Å². The zero-order chi connectivity index (χ0) is 17.6. The molecule has 1 aliphatic heterocycles. The van der Waals surface area contributed by atoms with E-state index in [2.05, 4.69) is 26.6 Å². The largest absolute Gasteiger partial charge is 0.495 e. The average Bonchev–Trinajstić information content (AvgIpc) is 3.27. The van der Waals surface area contributed by atoms with Crippen LogP contribution in [-0.4, -0.2) is 39.2 Å². The van der Waals surface area contributed by atoms with Crippen LogP contribution in [-0.2, 0) is 6.54 Å². The number of para-hydroxylation sites is 2. The zero-order valence-corrected chi connectivity index (χ0v) is 16.0. The number of nitrogens with one attached hydrogen (secondary N) is 2. The molecule has 25 heavy (non-hydrogen) atoms. The molecule has 0 bridgehead atoms. The van der Waals surface area contributed by atoms with E-state index in [1.807, 2.05) is 30.3 Å². The third-order valence-corrected chi connectivity index (χ3v) is 5.47. The minimum absolute atomic E-state index is 0.350. The number of methoxy groups -OCH3 is 1. The Labute approximate surface area is 157 Å². The first-order valence-corrected chi connectivity index (χ1v) is 9.48. The van der Waals surface area contributed by atoms with Crippen molar-refractivity contribution >= 4 is 34.6 Å². The van der Waals surface area contributed by atoms with Crippen LogP contribution in [0.5, 0.6) is 5.75 Å². The van der Waals surface area contributed by atoms with Gasteiger partial charge in [-0.1, -0.05) is 23.7 Å². The molecular formula is C18H23ClN4OS. The standard InChI is InChI=1S/C18H23ClN4OS/c1-20-18(21-11-14-7-8-17(19)25-14)22-13-9-10-23(12-13)15-5-3-4-6-16(15)24-2/h3-8,13H,9-12H2,1-2H3,(H2,20,21,22). The Morgan fingerprint density at radius 3 is 2.92 bits per heavy atom.